The minimum Gasteiger partial charge on any atom is -0.328 e. The molecule has 5 nitrogen and oxygen atoms in total. The molecule has 0 aliphatic rings. The van der Waals surface area contributed by atoms with E-state index in [0.717, 1.165) is 16.6 Å². The maximum atomic E-state index is 13.5. The van der Waals surface area contributed by atoms with Crippen molar-refractivity contribution in [1.29, 1.82) is 0 Å². The largest absolute Gasteiger partial charge is 0.328 e. The van der Waals surface area contributed by atoms with E-state index in [1.165, 1.54) is 0 Å². The molecular weight excluding hydrogens is 350 g/mol. The number of hydrogen-bond acceptors (Lipinski definition) is 3. The number of rotatable bonds is 3. The van der Waals surface area contributed by atoms with Crippen LogP contribution < -0.4 is 11.0 Å². The molecule has 0 unspecified atom stereocenters. The fraction of sp³-hybridized carbons (Fsp3) is 0.261. The number of para-hydroxylation sites is 1. The zero-order valence-electron chi connectivity index (χ0n) is 16.6. The van der Waals surface area contributed by atoms with E-state index in [4.69, 9.17) is 4.98 Å². The molecule has 0 atom stereocenters. The van der Waals surface area contributed by atoms with Crippen LogP contribution in [-0.4, -0.2) is 14.1 Å². The third-order valence-electron chi connectivity index (χ3n) is 5.14. The molecule has 0 amide bonds. The second-order valence-corrected chi connectivity index (χ2v) is 7.66. The Hall–Kier alpha value is -3.21. The van der Waals surface area contributed by atoms with E-state index in [1.807, 2.05) is 61.0 Å². The number of fused-ring (bicyclic) bond motifs is 2. The average molecular weight is 373 g/mol. The Labute approximate surface area is 162 Å². The molecule has 2 aromatic carbocycles. The molecular formula is C23H23N3O2. The van der Waals surface area contributed by atoms with Gasteiger partial charge in [-0.05, 0) is 30.5 Å². The van der Waals surface area contributed by atoms with Crippen LogP contribution in [0.15, 0.2) is 58.1 Å². The van der Waals surface area contributed by atoms with Crippen molar-refractivity contribution in [3.05, 3.63) is 74.7 Å². The van der Waals surface area contributed by atoms with Crippen LogP contribution in [0.1, 0.15) is 19.4 Å². The van der Waals surface area contributed by atoms with Crippen LogP contribution in [0.25, 0.3) is 33.3 Å². The highest BCUT2D eigenvalue weighted by Crippen LogP contribution is 2.23. The Balaban J connectivity index is 2.23. The highest BCUT2D eigenvalue weighted by molar-refractivity contribution is 5.92. The van der Waals surface area contributed by atoms with E-state index >= 15 is 0 Å². The van der Waals surface area contributed by atoms with Gasteiger partial charge in [0, 0.05) is 24.5 Å². The molecule has 0 spiro atoms. The molecule has 5 heteroatoms. The van der Waals surface area contributed by atoms with Gasteiger partial charge in [-0.3, -0.25) is 14.2 Å². The predicted molar refractivity (Wildman–Crippen MR) is 114 cm³/mol. The van der Waals surface area contributed by atoms with Crippen LogP contribution in [0.2, 0.25) is 0 Å². The summed E-state index contributed by atoms with van der Waals surface area (Å²) in [5, 5.41) is 0.690. The van der Waals surface area contributed by atoms with Gasteiger partial charge in [0.25, 0.3) is 5.56 Å². The van der Waals surface area contributed by atoms with Crippen LogP contribution in [0.4, 0.5) is 0 Å². The molecule has 4 aromatic rings. The van der Waals surface area contributed by atoms with E-state index in [1.54, 1.807) is 10.6 Å². The molecule has 142 valence electrons. The second kappa shape index (κ2) is 6.75. The fourth-order valence-electron chi connectivity index (χ4n) is 3.76. The fourth-order valence-corrected chi connectivity index (χ4v) is 3.76. The number of aromatic nitrogens is 3. The molecule has 2 heterocycles. The van der Waals surface area contributed by atoms with Crippen molar-refractivity contribution in [2.75, 3.05) is 0 Å². The molecule has 2 aromatic heterocycles. The summed E-state index contributed by atoms with van der Waals surface area (Å²) in [5.74, 6) is 0.846. The Morgan fingerprint density at radius 1 is 1.00 bits per heavy atom. The smallest absolute Gasteiger partial charge is 0.267 e. The minimum atomic E-state index is -0.275. The summed E-state index contributed by atoms with van der Waals surface area (Å²) in [7, 11) is 1.85. The van der Waals surface area contributed by atoms with E-state index in [9.17, 15) is 9.59 Å². The number of pyridine rings is 1. The molecule has 0 N–H and O–H groups in total. The van der Waals surface area contributed by atoms with E-state index in [-0.39, 0.29) is 22.3 Å². The molecule has 28 heavy (non-hydrogen) atoms. The van der Waals surface area contributed by atoms with Crippen molar-refractivity contribution < 1.29 is 0 Å². The molecule has 4 rings (SSSR count). The summed E-state index contributed by atoms with van der Waals surface area (Å²) in [6.07, 6.45) is 0. The average Bonchev–Trinajstić information content (AvgIpc) is 2.68. The molecule has 0 aliphatic heterocycles. The highest BCUT2D eigenvalue weighted by Gasteiger charge is 2.20. The first-order chi connectivity index (χ1) is 13.4. The van der Waals surface area contributed by atoms with Gasteiger partial charge >= 0.3 is 0 Å². The lowest BCUT2D eigenvalue weighted by Gasteiger charge is -2.18. The first kappa shape index (κ1) is 18.2. The topological polar surface area (TPSA) is 56.9 Å². The van der Waals surface area contributed by atoms with Crippen molar-refractivity contribution in [2.24, 2.45) is 13.0 Å². The number of benzene rings is 2. The Kier molecular flexibility index (Phi) is 4.38. The zero-order valence-corrected chi connectivity index (χ0v) is 16.6. The maximum Gasteiger partial charge on any atom is 0.267 e. The van der Waals surface area contributed by atoms with Crippen molar-refractivity contribution in [2.45, 2.75) is 27.3 Å². The van der Waals surface area contributed by atoms with E-state index in [2.05, 4.69) is 13.8 Å². The van der Waals surface area contributed by atoms with Crippen LogP contribution in [0, 0.1) is 12.8 Å². The monoisotopic (exact) mass is 373 g/mol. The number of hydrogen-bond donors (Lipinski definition) is 0. The molecule has 0 aliphatic carbocycles. The molecule has 0 fully saturated rings. The first-order valence-corrected chi connectivity index (χ1v) is 9.48. The van der Waals surface area contributed by atoms with Gasteiger partial charge in [-0.25, -0.2) is 4.98 Å². The summed E-state index contributed by atoms with van der Waals surface area (Å²) in [6, 6.07) is 15.2. The number of nitrogens with zero attached hydrogens (tertiary/aromatic N) is 3. The molecule has 0 radical (unpaired) electrons. The van der Waals surface area contributed by atoms with Crippen LogP contribution in [0.3, 0.4) is 0 Å². The predicted octanol–water partition coefficient (Wildman–Crippen LogP) is 3.88. The molecule has 0 saturated carbocycles. The lowest BCUT2D eigenvalue weighted by Crippen LogP contribution is -2.30. The second-order valence-electron chi connectivity index (χ2n) is 7.66. The van der Waals surface area contributed by atoms with Gasteiger partial charge in [-0.2, -0.15) is 0 Å². The Bertz CT molecular complexity index is 1330. The van der Waals surface area contributed by atoms with Crippen LogP contribution >= 0.6 is 0 Å². The SMILES string of the molecule is Cc1ccccc1-c1nc2c(c(=O)c3ccccc3n2C)c(=O)n1CC(C)C. The molecule has 0 saturated heterocycles. The zero-order chi connectivity index (χ0) is 20.0. The number of aryl methyl sites for hydroxylation is 2. The van der Waals surface area contributed by atoms with Gasteiger partial charge in [-0.1, -0.05) is 50.2 Å². The van der Waals surface area contributed by atoms with Gasteiger partial charge in [0.15, 0.2) is 5.65 Å². The maximum absolute atomic E-state index is 13.5. The van der Waals surface area contributed by atoms with Crippen LogP contribution in [0.5, 0.6) is 0 Å². The lowest BCUT2D eigenvalue weighted by atomic mass is 10.1. The third kappa shape index (κ3) is 2.74. The normalized spacial score (nSPS) is 11.6. The lowest BCUT2D eigenvalue weighted by molar-refractivity contribution is 0.512. The van der Waals surface area contributed by atoms with Crippen molar-refractivity contribution >= 4 is 21.9 Å². The van der Waals surface area contributed by atoms with Crippen molar-refractivity contribution in [1.82, 2.24) is 14.1 Å². The van der Waals surface area contributed by atoms with Gasteiger partial charge in [-0.15, -0.1) is 0 Å². The standard InChI is InChI=1S/C23H23N3O2/c1-14(2)13-26-21(16-10-6-5-9-15(16)3)24-22-19(23(26)28)20(27)17-11-7-8-12-18(17)25(22)4/h5-12,14H,13H2,1-4H3. The summed E-state index contributed by atoms with van der Waals surface area (Å²) in [4.78, 5) is 31.5. The Morgan fingerprint density at radius 3 is 2.39 bits per heavy atom. The summed E-state index contributed by atoms with van der Waals surface area (Å²) in [5.41, 5.74) is 2.61. The van der Waals surface area contributed by atoms with Gasteiger partial charge in [0.1, 0.15) is 11.2 Å². The van der Waals surface area contributed by atoms with Gasteiger partial charge in [0.2, 0.25) is 5.43 Å². The summed E-state index contributed by atoms with van der Waals surface area (Å²) < 4.78 is 3.50. The first-order valence-electron chi connectivity index (χ1n) is 9.48. The van der Waals surface area contributed by atoms with Gasteiger partial charge < -0.3 is 4.57 Å². The minimum absolute atomic E-state index is 0.152. The summed E-state index contributed by atoms with van der Waals surface area (Å²) >= 11 is 0. The Morgan fingerprint density at radius 2 is 1.68 bits per heavy atom. The van der Waals surface area contributed by atoms with Crippen LogP contribution in [-0.2, 0) is 13.6 Å². The van der Waals surface area contributed by atoms with Crippen molar-refractivity contribution in [3.63, 3.8) is 0 Å². The third-order valence-corrected chi connectivity index (χ3v) is 5.14. The quantitative estimate of drug-likeness (QED) is 0.512. The van der Waals surface area contributed by atoms with E-state index in [0.29, 0.717) is 23.4 Å². The van der Waals surface area contributed by atoms with E-state index < -0.39 is 0 Å². The molecule has 0 bridgehead atoms. The van der Waals surface area contributed by atoms with Gasteiger partial charge in [0.05, 0.1) is 5.52 Å². The highest BCUT2D eigenvalue weighted by atomic mass is 16.1. The summed E-state index contributed by atoms with van der Waals surface area (Å²) in [6.45, 7) is 6.61. The van der Waals surface area contributed by atoms with Crippen molar-refractivity contribution in [3.8, 4) is 11.4 Å².